The van der Waals surface area contributed by atoms with Crippen molar-refractivity contribution < 1.29 is 29.0 Å². The van der Waals surface area contributed by atoms with Gasteiger partial charge in [-0.2, -0.15) is 0 Å². The molecule has 1 N–H and O–H groups in total. The van der Waals surface area contributed by atoms with Gasteiger partial charge in [0.15, 0.2) is 5.78 Å². The van der Waals surface area contributed by atoms with Gasteiger partial charge in [0.1, 0.15) is 0 Å². The Labute approximate surface area is 138 Å². The van der Waals surface area contributed by atoms with Gasteiger partial charge < -0.3 is 9.84 Å². The lowest BCUT2D eigenvalue weighted by Gasteiger charge is -2.43. The summed E-state index contributed by atoms with van der Waals surface area (Å²) < 4.78 is 5.29. The van der Waals surface area contributed by atoms with Crippen molar-refractivity contribution in [2.75, 3.05) is 26.3 Å². The van der Waals surface area contributed by atoms with Crippen molar-refractivity contribution in [3.63, 3.8) is 0 Å². The van der Waals surface area contributed by atoms with Crippen LogP contribution < -0.4 is 0 Å². The number of piperidine rings is 1. The lowest BCUT2D eigenvalue weighted by Crippen LogP contribution is -2.71. The second-order valence-electron chi connectivity index (χ2n) is 7.65. The molecule has 0 aromatic rings. The SMILES string of the molecule is CC1(C)C2C(=O)N3C(=O)CC(N4CCOCC4)[C@]3(C(=O)O)C(=O)C21. The summed E-state index contributed by atoms with van der Waals surface area (Å²) in [7, 11) is 0. The summed E-state index contributed by atoms with van der Waals surface area (Å²) in [6.07, 6.45) is -0.121. The zero-order valence-electron chi connectivity index (χ0n) is 13.7. The molecule has 24 heavy (non-hydrogen) atoms. The van der Waals surface area contributed by atoms with Gasteiger partial charge in [0, 0.05) is 25.4 Å². The molecule has 1 aliphatic carbocycles. The van der Waals surface area contributed by atoms with E-state index in [0.29, 0.717) is 26.3 Å². The average molecular weight is 336 g/mol. The largest absolute Gasteiger partial charge is 0.479 e. The maximum atomic E-state index is 13.2. The van der Waals surface area contributed by atoms with E-state index in [9.17, 15) is 24.3 Å². The predicted molar refractivity (Wildman–Crippen MR) is 78.8 cm³/mol. The van der Waals surface area contributed by atoms with Gasteiger partial charge >= 0.3 is 5.97 Å². The third kappa shape index (κ3) is 1.60. The number of carbonyl (C=O) groups is 4. The van der Waals surface area contributed by atoms with E-state index in [1.165, 1.54) is 0 Å². The number of fused-ring (bicyclic) bond motifs is 2. The first-order chi connectivity index (χ1) is 11.3. The van der Waals surface area contributed by atoms with E-state index in [4.69, 9.17) is 4.74 Å². The topological polar surface area (TPSA) is 104 Å². The number of amides is 2. The molecule has 0 radical (unpaired) electrons. The molecule has 0 bridgehead atoms. The maximum Gasteiger partial charge on any atom is 0.339 e. The van der Waals surface area contributed by atoms with E-state index in [2.05, 4.69) is 0 Å². The Hall–Kier alpha value is -1.80. The molecular formula is C16H20N2O6. The van der Waals surface area contributed by atoms with Crippen molar-refractivity contribution in [2.24, 2.45) is 17.3 Å². The molecule has 130 valence electrons. The number of ether oxygens (including phenoxy) is 1. The highest BCUT2D eigenvalue weighted by atomic mass is 16.5. The van der Waals surface area contributed by atoms with Crippen LogP contribution in [0.15, 0.2) is 0 Å². The standard InChI is InChI=1S/C16H20N2O6/c1-15(2)10-11(15)13(21)18-9(19)7-8(17-3-5-24-6-4-17)16(18,12(10)20)14(22)23/h8,10-11H,3-7H2,1-2H3,(H,22,23)/t8?,10?,11?,16-/m1/s1. The van der Waals surface area contributed by atoms with E-state index < -0.39 is 52.4 Å². The van der Waals surface area contributed by atoms with Gasteiger partial charge in [-0.15, -0.1) is 0 Å². The van der Waals surface area contributed by atoms with Crippen LogP contribution in [-0.4, -0.2) is 76.4 Å². The number of Topliss-reactive ketones (excluding diaryl/α,β-unsaturated/α-hetero) is 1. The first-order valence-corrected chi connectivity index (χ1v) is 8.22. The highest BCUT2D eigenvalue weighted by molar-refractivity contribution is 6.24. The molecule has 4 rings (SSSR count). The molecule has 3 saturated heterocycles. The number of carbonyl (C=O) groups excluding carboxylic acids is 3. The zero-order chi connectivity index (χ0) is 17.4. The minimum atomic E-state index is -2.08. The molecule has 0 spiro atoms. The van der Waals surface area contributed by atoms with Crippen molar-refractivity contribution in [3.05, 3.63) is 0 Å². The second kappa shape index (κ2) is 4.64. The van der Waals surface area contributed by atoms with Gasteiger partial charge in [0.2, 0.25) is 17.4 Å². The van der Waals surface area contributed by atoms with Crippen LogP contribution in [0.1, 0.15) is 20.3 Å². The van der Waals surface area contributed by atoms with Crippen LogP contribution >= 0.6 is 0 Å². The Morgan fingerprint density at radius 2 is 1.79 bits per heavy atom. The van der Waals surface area contributed by atoms with Crippen molar-refractivity contribution in [1.29, 1.82) is 0 Å². The van der Waals surface area contributed by atoms with Gasteiger partial charge in [-0.25, -0.2) is 4.79 Å². The summed E-state index contributed by atoms with van der Waals surface area (Å²) in [5.74, 6) is -4.16. The molecule has 0 aromatic heterocycles. The summed E-state index contributed by atoms with van der Waals surface area (Å²) in [6, 6.07) is -0.819. The first kappa shape index (κ1) is 15.7. The van der Waals surface area contributed by atoms with E-state index in [1.807, 2.05) is 4.90 Å². The Kier molecular flexibility index (Phi) is 3.03. The Balaban J connectivity index is 1.84. The fraction of sp³-hybridized carbons (Fsp3) is 0.750. The highest BCUT2D eigenvalue weighted by Gasteiger charge is 2.81. The fourth-order valence-corrected chi connectivity index (χ4v) is 4.91. The van der Waals surface area contributed by atoms with Gasteiger partial charge in [0.25, 0.3) is 0 Å². The third-order valence-corrected chi connectivity index (χ3v) is 6.24. The number of imide groups is 1. The molecule has 3 heterocycles. The molecule has 1 saturated carbocycles. The molecular weight excluding hydrogens is 316 g/mol. The fourth-order valence-electron chi connectivity index (χ4n) is 4.91. The van der Waals surface area contributed by atoms with Crippen molar-refractivity contribution in [3.8, 4) is 0 Å². The summed E-state index contributed by atoms with van der Waals surface area (Å²) >= 11 is 0. The molecule has 2 amide bonds. The maximum absolute atomic E-state index is 13.2. The minimum Gasteiger partial charge on any atom is -0.479 e. The summed E-state index contributed by atoms with van der Waals surface area (Å²) in [4.78, 5) is 53.4. The van der Waals surface area contributed by atoms with Crippen molar-refractivity contribution in [1.82, 2.24) is 9.80 Å². The van der Waals surface area contributed by atoms with Crippen LogP contribution in [0, 0.1) is 17.3 Å². The number of morpholine rings is 1. The molecule has 3 aliphatic heterocycles. The molecule has 4 atom stereocenters. The third-order valence-electron chi connectivity index (χ3n) is 6.24. The van der Waals surface area contributed by atoms with Gasteiger partial charge in [0.05, 0.1) is 25.2 Å². The molecule has 3 unspecified atom stereocenters. The lowest BCUT2D eigenvalue weighted by atomic mass is 9.79. The quantitative estimate of drug-likeness (QED) is 0.516. The van der Waals surface area contributed by atoms with Gasteiger partial charge in [-0.3, -0.25) is 24.2 Å². The Bertz CT molecular complexity index is 667. The Morgan fingerprint density at radius 3 is 2.38 bits per heavy atom. The number of hydrogen-bond donors (Lipinski definition) is 1. The van der Waals surface area contributed by atoms with Crippen LogP contribution in [0.2, 0.25) is 0 Å². The summed E-state index contributed by atoms with van der Waals surface area (Å²) in [5.41, 5.74) is -2.67. The zero-order valence-corrected chi connectivity index (χ0v) is 13.7. The lowest BCUT2D eigenvalue weighted by molar-refractivity contribution is -0.173. The van der Waals surface area contributed by atoms with E-state index in [1.54, 1.807) is 13.8 Å². The van der Waals surface area contributed by atoms with Crippen LogP contribution in [0.4, 0.5) is 0 Å². The summed E-state index contributed by atoms with van der Waals surface area (Å²) in [6.45, 7) is 5.29. The van der Waals surface area contributed by atoms with Crippen LogP contribution in [0.3, 0.4) is 0 Å². The van der Waals surface area contributed by atoms with Crippen LogP contribution in [-0.2, 0) is 23.9 Å². The Morgan fingerprint density at radius 1 is 1.17 bits per heavy atom. The number of nitrogens with zero attached hydrogens (tertiary/aromatic N) is 2. The normalized spacial score (nSPS) is 41.2. The second-order valence-corrected chi connectivity index (χ2v) is 7.65. The van der Waals surface area contributed by atoms with Gasteiger partial charge in [-0.05, 0) is 5.41 Å². The predicted octanol–water partition coefficient (Wildman–Crippen LogP) is -0.876. The minimum absolute atomic E-state index is 0.121. The molecule has 4 aliphatic rings. The first-order valence-electron chi connectivity index (χ1n) is 8.22. The molecule has 8 nitrogen and oxygen atoms in total. The van der Waals surface area contributed by atoms with Crippen LogP contribution in [0.25, 0.3) is 0 Å². The number of hydrogen-bond acceptors (Lipinski definition) is 6. The van der Waals surface area contributed by atoms with Crippen molar-refractivity contribution in [2.45, 2.75) is 31.8 Å². The highest BCUT2D eigenvalue weighted by Crippen LogP contribution is 2.65. The van der Waals surface area contributed by atoms with E-state index in [-0.39, 0.29) is 6.42 Å². The monoisotopic (exact) mass is 336 g/mol. The van der Waals surface area contributed by atoms with E-state index in [0.717, 1.165) is 4.90 Å². The molecule has 4 fully saturated rings. The number of carboxylic acids is 1. The number of ketones is 1. The van der Waals surface area contributed by atoms with E-state index >= 15 is 0 Å². The smallest absolute Gasteiger partial charge is 0.339 e. The number of rotatable bonds is 2. The summed E-state index contributed by atoms with van der Waals surface area (Å²) in [5, 5.41) is 9.99. The van der Waals surface area contributed by atoms with Crippen LogP contribution in [0.5, 0.6) is 0 Å². The van der Waals surface area contributed by atoms with Crippen molar-refractivity contribution >= 4 is 23.6 Å². The average Bonchev–Trinajstić information content (AvgIpc) is 2.96. The number of carboxylic acid groups (broad SMARTS) is 1. The van der Waals surface area contributed by atoms with Gasteiger partial charge in [-0.1, -0.05) is 13.8 Å². The molecule has 0 aromatic carbocycles. The molecule has 8 heteroatoms. The number of aliphatic carboxylic acids is 1.